The van der Waals surface area contributed by atoms with E-state index in [1.165, 1.54) is 6.33 Å². The van der Waals surface area contributed by atoms with Crippen molar-refractivity contribution >= 4 is 32.3 Å². The molecule has 1 aromatic heterocycles. The maximum absolute atomic E-state index is 12.6. The molecule has 0 aliphatic carbocycles. The smallest absolute Gasteiger partial charge is 0.240 e. The Morgan fingerprint density at radius 1 is 1.19 bits per heavy atom. The fourth-order valence-corrected chi connectivity index (χ4v) is 3.01. The monoisotopic (exact) mass is 338 g/mol. The Kier molecular flexibility index (Phi) is 3.88. The molecular weight excluding hydrogens is 329 g/mol. The molecule has 0 atom stereocenters. The molecule has 2 aromatic rings. The molecule has 0 fully saturated rings. The number of nitrogens with zero attached hydrogens (tertiary/aromatic N) is 2. The van der Waals surface area contributed by atoms with Gasteiger partial charge in [0.2, 0.25) is 0 Å². The fraction of sp³-hybridized carbons (Fsp3) is 0.333. The summed E-state index contributed by atoms with van der Waals surface area (Å²) in [7, 11) is -5.47. The molecule has 4 nitrogen and oxygen atoms in total. The third-order valence-corrected chi connectivity index (χ3v) is 4.61. The van der Waals surface area contributed by atoms with Crippen molar-refractivity contribution in [3.63, 3.8) is 0 Å². The van der Waals surface area contributed by atoms with Crippen LogP contribution in [0.4, 0.5) is 13.2 Å². The number of aromatic nitrogens is 2. The van der Waals surface area contributed by atoms with Gasteiger partial charge in [0.15, 0.2) is 0 Å². The Bertz CT molecular complexity index is 804. The summed E-state index contributed by atoms with van der Waals surface area (Å²) in [4.78, 5) is 6.96. The van der Waals surface area contributed by atoms with Gasteiger partial charge in [-0.1, -0.05) is 25.4 Å². The van der Waals surface area contributed by atoms with Gasteiger partial charge in [-0.25, -0.2) is 18.4 Å². The van der Waals surface area contributed by atoms with Crippen LogP contribution in [-0.4, -0.2) is 23.9 Å². The van der Waals surface area contributed by atoms with Crippen LogP contribution in [0.15, 0.2) is 23.4 Å². The van der Waals surface area contributed by atoms with E-state index in [2.05, 4.69) is 9.97 Å². The van der Waals surface area contributed by atoms with Gasteiger partial charge >= 0.3 is 5.51 Å². The highest BCUT2D eigenvalue weighted by Crippen LogP contribution is 2.35. The van der Waals surface area contributed by atoms with Crippen molar-refractivity contribution in [3.8, 4) is 0 Å². The van der Waals surface area contributed by atoms with Crippen molar-refractivity contribution in [1.29, 1.82) is 0 Å². The van der Waals surface area contributed by atoms with Crippen LogP contribution in [0.2, 0.25) is 5.02 Å². The number of halogens is 4. The van der Waals surface area contributed by atoms with Crippen LogP contribution in [0.1, 0.15) is 25.5 Å². The Balaban J connectivity index is 2.85. The third-order valence-electron chi connectivity index (χ3n) is 2.86. The summed E-state index contributed by atoms with van der Waals surface area (Å²) >= 11 is 5.87. The van der Waals surface area contributed by atoms with Gasteiger partial charge in [0.05, 0.1) is 21.1 Å². The van der Waals surface area contributed by atoms with E-state index in [1.807, 2.05) is 0 Å². The largest absolute Gasteiger partial charge is 0.501 e. The van der Waals surface area contributed by atoms with Gasteiger partial charge in [-0.3, -0.25) is 0 Å². The zero-order valence-corrected chi connectivity index (χ0v) is 12.5. The summed E-state index contributed by atoms with van der Waals surface area (Å²) < 4.78 is 61.0. The maximum Gasteiger partial charge on any atom is 0.501 e. The van der Waals surface area contributed by atoms with E-state index in [9.17, 15) is 21.6 Å². The number of rotatable bonds is 2. The molecule has 0 N–H and O–H groups in total. The van der Waals surface area contributed by atoms with Crippen LogP contribution in [0.25, 0.3) is 10.9 Å². The number of hydrogen-bond donors (Lipinski definition) is 0. The molecule has 0 saturated carbocycles. The number of alkyl halides is 3. The first-order valence-electron chi connectivity index (χ1n) is 5.81. The van der Waals surface area contributed by atoms with Gasteiger partial charge in [0, 0.05) is 5.39 Å². The van der Waals surface area contributed by atoms with Crippen molar-refractivity contribution < 1.29 is 21.6 Å². The van der Waals surface area contributed by atoms with Crippen molar-refractivity contribution in [2.45, 2.75) is 30.2 Å². The summed E-state index contributed by atoms with van der Waals surface area (Å²) in [6.45, 7) is 3.56. The number of fused-ring (bicyclic) bond motifs is 1. The highest BCUT2D eigenvalue weighted by Gasteiger charge is 2.47. The minimum absolute atomic E-state index is 0.129. The van der Waals surface area contributed by atoms with E-state index in [-0.39, 0.29) is 21.8 Å². The first kappa shape index (κ1) is 16.0. The number of benzene rings is 1. The van der Waals surface area contributed by atoms with Crippen LogP contribution in [0, 0.1) is 0 Å². The lowest BCUT2D eigenvalue weighted by Gasteiger charge is -2.12. The number of sulfone groups is 1. The van der Waals surface area contributed by atoms with Gasteiger partial charge in [-0.2, -0.15) is 13.2 Å². The first-order valence-corrected chi connectivity index (χ1v) is 7.67. The molecule has 21 heavy (non-hydrogen) atoms. The lowest BCUT2D eigenvalue weighted by Crippen LogP contribution is -2.23. The second-order valence-corrected chi connectivity index (χ2v) is 7.01. The molecule has 2 rings (SSSR count). The third kappa shape index (κ3) is 2.69. The Hall–Kier alpha value is -1.41. The van der Waals surface area contributed by atoms with E-state index in [1.54, 1.807) is 13.8 Å². The molecule has 0 saturated heterocycles. The molecule has 1 aromatic carbocycles. The standard InChI is InChI=1S/C12H10ClF3N2O2S/c1-6(2)10-8-3-7(21(19,20)12(14,15)16)4-9(13)11(8)18-5-17-10/h3-6H,1-2H3. The van der Waals surface area contributed by atoms with Crippen molar-refractivity contribution in [2.24, 2.45) is 0 Å². The molecule has 114 valence electrons. The Morgan fingerprint density at radius 2 is 1.81 bits per heavy atom. The second-order valence-electron chi connectivity index (χ2n) is 4.66. The van der Waals surface area contributed by atoms with Gasteiger partial charge in [-0.05, 0) is 18.1 Å². The predicted octanol–water partition coefficient (Wildman–Crippen LogP) is 3.70. The van der Waals surface area contributed by atoms with E-state index >= 15 is 0 Å². The highest BCUT2D eigenvalue weighted by atomic mass is 35.5. The van der Waals surface area contributed by atoms with Crippen LogP contribution in [0.3, 0.4) is 0 Å². The molecule has 9 heteroatoms. The molecule has 1 heterocycles. The van der Waals surface area contributed by atoms with Gasteiger partial charge in [-0.15, -0.1) is 0 Å². The molecular formula is C12H10ClF3N2O2S. The molecule has 0 radical (unpaired) electrons. The van der Waals surface area contributed by atoms with Crippen molar-refractivity contribution in [1.82, 2.24) is 9.97 Å². The van der Waals surface area contributed by atoms with E-state index < -0.39 is 20.2 Å². The summed E-state index contributed by atoms with van der Waals surface area (Å²) in [5.41, 5.74) is -4.74. The zero-order valence-electron chi connectivity index (χ0n) is 10.9. The molecule has 0 aliphatic rings. The molecule has 0 spiro atoms. The van der Waals surface area contributed by atoms with Crippen LogP contribution >= 0.6 is 11.6 Å². The summed E-state index contributed by atoms with van der Waals surface area (Å²) in [5, 5.41) is 0.0300. The molecule has 0 bridgehead atoms. The minimum atomic E-state index is -5.47. The van der Waals surface area contributed by atoms with E-state index in [0.717, 1.165) is 12.1 Å². The summed E-state index contributed by atoms with van der Waals surface area (Å²) in [5.74, 6) is -0.129. The average molecular weight is 339 g/mol. The maximum atomic E-state index is 12.6. The second kappa shape index (κ2) is 5.10. The highest BCUT2D eigenvalue weighted by molar-refractivity contribution is 7.92. The van der Waals surface area contributed by atoms with Crippen LogP contribution < -0.4 is 0 Å². The predicted molar refractivity (Wildman–Crippen MR) is 71.9 cm³/mol. The average Bonchev–Trinajstić information content (AvgIpc) is 2.36. The van der Waals surface area contributed by atoms with E-state index in [4.69, 9.17) is 11.6 Å². The summed E-state index contributed by atoms with van der Waals surface area (Å²) in [6.07, 6.45) is 1.24. The molecule has 0 aliphatic heterocycles. The minimum Gasteiger partial charge on any atom is -0.240 e. The lowest BCUT2D eigenvalue weighted by atomic mass is 10.0. The van der Waals surface area contributed by atoms with Gasteiger partial charge < -0.3 is 0 Å². The van der Waals surface area contributed by atoms with E-state index in [0.29, 0.717) is 5.69 Å². The van der Waals surface area contributed by atoms with Crippen molar-refractivity contribution in [3.05, 3.63) is 29.2 Å². The van der Waals surface area contributed by atoms with Crippen LogP contribution in [0.5, 0.6) is 0 Å². The summed E-state index contributed by atoms with van der Waals surface area (Å²) in [6, 6.07) is 1.67. The Labute approximate surface area is 123 Å². The van der Waals surface area contributed by atoms with Crippen molar-refractivity contribution in [2.75, 3.05) is 0 Å². The normalized spacial score (nSPS) is 13.1. The lowest BCUT2D eigenvalue weighted by molar-refractivity contribution is -0.0435. The first-order chi connectivity index (χ1) is 9.55. The number of hydrogen-bond acceptors (Lipinski definition) is 4. The zero-order chi connectivity index (χ0) is 16.0. The topological polar surface area (TPSA) is 59.9 Å². The fourth-order valence-electron chi connectivity index (χ4n) is 1.87. The van der Waals surface area contributed by atoms with Crippen LogP contribution in [-0.2, 0) is 9.84 Å². The SMILES string of the molecule is CC(C)c1ncnc2c(Cl)cc(S(=O)(=O)C(F)(F)F)cc12. The molecule has 0 unspecified atom stereocenters. The van der Waals surface area contributed by atoms with Gasteiger partial charge in [0.1, 0.15) is 6.33 Å². The molecule has 0 amide bonds. The van der Waals surface area contributed by atoms with Gasteiger partial charge in [0.25, 0.3) is 9.84 Å². The Morgan fingerprint density at radius 3 is 2.33 bits per heavy atom. The quantitative estimate of drug-likeness (QED) is 0.837.